The lowest BCUT2D eigenvalue weighted by Crippen LogP contribution is -2.40. The number of carbonyl (C=O) groups excluding carboxylic acids is 1. The summed E-state index contributed by atoms with van der Waals surface area (Å²) in [6.45, 7) is 3.87. The van der Waals surface area contributed by atoms with E-state index in [1.165, 1.54) is 5.56 Å². The van der Waals surface area contributed by atoms with Gasteiger partial charge in [0.05, 0.1) is 6.54 Å². The molecule has 0 radical (unpaired) electrons. The van der Waals surface area contributed by atoms with E-state index in [-0.39, 0.29) is 30.6 Å². The topological polar surface area (TPSA) is 98.0 Å². The molecule has 0 spiro atoms. The minimum Gasteiger partial charge on any atom is -0.492 e. The predicted octanol–water partition coefficient (Wildman–Crippen LogP) is 2.26. The Morgan fingerprint density at radius 1 is 0.966 bits per heavy atom. The molecule has 4 N–H and O–H groups in total. The van der Waals surface area contributed by atoms with Crippen LogP contribution in [-0.2, 0) is 11.2 Å². The molecule has 0 fully saturated rings. The maximum atomic E-state index is 10.7. The Morgan fingerprint density at radius 3 is 2.17 bits per heavy atom. The van der Waals surface area contributed by atoms with Gasteiger partial charge < -0.3 is 25.8 Å². The number of primary amides is 1. The lowest BCUT2D eigenvalue weighted by Gasteiger charge is -2.13. The van der Waals surface area contributed by atoms with Crippen molar-refractivity contribution < 1.29 is 14.3 Å². The van der Waals surface area contributed by atoms with Crippen LogP contribution in [0.25, 0.3) is 0 Å². The number of amides is 1. The summed E-state index contributed by atoms with van der Waals surface area (Å²) in [6, 6.07) is 15.6. The van der Waals surface area contributed by atoms with Crippen molar-refractivity contribution in [3.05, 3.63) is 59.7 Å². The number of aliphatic imine (C=N–C) groups is 1. The molecule has 0 unspecified atom stereocenters. The monoisotopic (exact) mass is 512 g/mol. The number of ether oxygens (including phenoxy) is 2. The molecule has 2 aromatic rings. The van der Waals surface area contributed by atoms with Crippen LogP contribution in [-0.4, -0.2) is 45.2 Å². The second kappa shape index (κ2) is 13.6. The van der Waals surface area contributed by atoms with E-state index >= 15 is 0 Å². The molecule has 29 heavy (non-hydrogen) atoms. The van der Waals surface area contributed by atoms with Crippen LogP contribution in [0.15, 0.2) is 53.5 Å². The molecular formula is C21H29IN4O3. The molecule has 158 valence electrons. The summed E-state index contributed by atoms with van der Waals surface area (Å²) in [5, 5.41) is 6.49. The van der Waals surface area contributed by atoms with Crippen molar-refractivity contribution >= 4 is 35.8 Å². The Morgan fingerprint density at radius 2 is 1.55 bits per heavy atom. The van der Waals surface area contributed by atoms with Gasteiger partial charge in [-0.2, -0.15) is 0 Å². The summed E-state index contributed by atoms with van der Waals surface area (Å²) in [5.74, 6) is 1.73. The van der Waals surface area contributed by atoms with Crippen molar-refractivity contribution in [1.82, 2.24) is 10.6 Å². The molecule has 1 amide bonds. The predicted molar refractivity (Wildman–Crippen MR) is 126 cm³/mol. The van der Waals surface area contributed by atoms with E-state index in [1.54, 1.807) is 7.05 Å². The third kappa shape index (κ3) is 10.0. The number of halogens is 1. The molecule has 0 atom stereocenters. The summed E-state index contributed by atoms with van der Waals surface area (Å²) < 4.78 is 10.9. The van der Waals surface area contributed by atoms with E-state index in [9.17, 15) is 4.79 Å². The fourth-order valence-electron chi connectivity index (χ4n) is 2.43. The van der Waals surface area contributed by atoms with Crippen LogP contribution in [0.3, 0.4) is 0 Å². The number of guanidine groups is 1. The Hall–Kier alpha value is -2.49. The molecular weight excluding hydrogens is 483 g/mol. The molecule has 0 heterocycles. The van der Waals surface area contributed by atoms with Crippen molar-refractivity contribution in [1.29, 1.82) is 0 Å². The Balaban J connectivity index is 0.00000420. The molecule has 0 bridgehead atoms. The van der Waals surface area contributed by atoms with Crippen LogP contribution in [0.1, 0.15) is 11.1 Å². The standard InChI is InChI=1S/C21H28N4O3.HI/c1-16-3-7-18(8-4-16)27-14-13-25-21(23-2)24-12-11-17-5-9-19(10-6-17)28-15-20(22)26;/h3-10H,11-15H2,1-2H3,(H2,22,26)(H2,23,24,25);1H. The van der Waals surface area contributed by atoms with Crippen molar-refractivity contribution in [3.8, 4) is 11.5 Å². The third-order valence-electron chi connectivity index (χ3n) is 3.92. The molecule has 2 aromatic carbocycles. The minimum absolute atomic E-state index is 0. The van der Waals surface area contributed by atoms with Gasteiger partial charge in [-0.15, -0.1) is 24.0 Å². The molecule has 2 rings (SSSR count). The number of hydrogen-bond donors (Lipinski definition) is 3. The number of benzene rings is 2. The highest BCUT2D eigenvalue weighted by molar-refractivity contribution is 14.0. The molecule has 0 saturated heterocycles. The van der Waals surface area contributed by atoms with Gasteiger partial charge in [0.15, 0.2) is 12.6 Å². The van der Waals surface area contributed by atoms with Gasteiger partial charge in [0.25, 0.3) is 5.91 Å². The van der Waals surface area contributed by atoms with Crippen molar-refractivity contribution in [2.45, 2.75) is 13.3 Å². The zero-order valence-electron chi connectivity index (χ0n) is 16.8. The van der Waals surface area contributed by atoms with Crippen LogP contribution in [0.5, 0.6) is 11.5 Å². The van der Waals surface area contributed by atoms with Gasteiger partial charge in [-0.1, -0.05) is 29.8 Å². The molecule has 0 aromatic heterocycles. The van der Waals surface area contributed by atoms with E-state index in [0.29, 0.717) is 18.9 Å². The number of nitrogens with one attached hydrogen (secondary N) is 2. The summed E-state index contributed by atoms with van der Waals surface area (Å²) >= 11 is 0. The van der Waals surface area contributed by atoms with Crippen LogP contribution in [0.4, 0.5) is 0 Å². The van der Waals surface area contributed by atoms with E-state index in [4.69, 9.17) is 15.2 Å². The zero-order chi connectivity index (χ0) is 20.2. The van der Waals surface area contributed by atoms with Crippen molar-refractivity contribution in [2.75, 3.05) is 33.4 Å². The van der Waals surface area contributed by atoms with Gasteiger partial charge in [0, 0.05) is 13.6 Å². The van der Waals surface area contributed by atoms with Crippen molar-refractivity contribution in [2.24, 2.45) is 10.7 Å². The highest BCUT2D eigenvalue weighted by Gasteiger charge is 2.01. The van der Waals surface area contributed by atoms with E-state index in [0.717, 1.165) is 30.2 Å². The number of aryl methyl sites for hydroxylation is 1. The summed E-state index contributed by atoms with van der Waals surface area (Å²) in [4.78, 5) is 14.9. The lowest BCUT2D eigenvalue weighted by atomic mass is 10.1. The SMILES string of the molecule is CN=C(NCCOc1ccc(C)cc1)NCCc1ccc(OCC(N)=O)cc1.I. The number of carbonyl (C=O) groups is 1. The van der Waals surface area contributed by atoms with Crippen molar-refractivity contribution in [3.63, 3.8) is 0 Å². The van der Waals surface area contributed by atoms with Crippen LogP contribution >= 0.6 is 24.0 Å². The number of hydrogen-bond acceptors (Lipinski definition) is 4. The fourth-order valence-corrected chi connectivity index (χ4v) is 2.43. The number of nitrogens with zero attached hydrogens (tertiary/aromatic N) is 1. The average molecular weight is 512 g/mol. The summed E-state index contributed by atoms with van der Waals surface area (Å²) in [6.07, 6.45) is 0.830. The normalized spacial score (nSPS) is 10.6. The van der Waals surface area contributed by atoms with E-state index in [2.05, 4.69) is 15.6 Å². The smallest absolute Gasteiger partial charge is 0.255 e. The third-order valence-corrected chi connectivity index (χ3v) is 3.92. The molecule has 0 aliphatic heterocycles. The first-order valence-corrected chi connectivity index (χ1v) is 9.21. The Bertz CT molecular complexity index is 765. The fraction of sp³-hybridized carbons (Fsp3) is 0.333. The highest BCUT2D eigenvalue weighted by atomic mass is 127. The Labute approximate surface area is 189 Å². The second-order valence-corrected chi connectivity index (χ2v) is 6.24. The quantitative estimate of drug-likeness (QED) is 0.197. The molecule has 0 aliphatic carbocycles. The largest absolute Gasteiger partial charge is 0.492 e. The van der Waals surface area contributed by atoms with Gasteiger partial charge in [-0.3, -0.25) is 9.79 Å². The molecule has 8 heteroatoms. The van der Waals surface area contributed by atoms with Gasteiger partial charge in [0.1, 0.15) is 18.1 Å². The average Bonchev–Trinajstić information content (AvgIpc) is 2.70. The van der Waals surface area contributed by atoms with Gasteiger partial charge in [0.2, 0.25) is 0 Å². The maximum Gasteiger partial charge on any atom is 0.255 e. The maximum absolute atomic E-state index is 10.7. The molecule has 0 saturated carbocycles. The second-order valence-electron chi connectivity index (χ2n) is 6.24. The molecule has 7 nitrogen and oxygen atoms in total. The summed E-state index contributed by atoms with van der Waals surface area (Å²) in [5.41, 5.74) is 7.42. The van der Waals surface area contributed by atoms with E-state index < -0.39 is 5.91 Å². The first kappa shape index (κ1) is 24.5. The Kier molecular flexibility index (Phi) is 11.6. The first-order chi connectivity index (χ1) is 13.6. The molecule has 0 aliphatic rings. The zero-order valence-corrected chi connectivity index (χ0v) is 19.1. The van der Waals surface area contributed by atoms with Gasteiger partial charge in [-0.05, 0) is 43.2 Å². The van der Waals surface area contributed by atoms with Crippen LogP contribution < -0.4 is 25.8 Å². The minimum atomic E-state index is -0.489. The number of rotatable bonds is 10. The number of nitrogens with two attached hydrogens (primary N) is 1. The van der Waals surface area contributed by atoms with Crippen LogP contribution in [0, 0.1) is 6.92 Å². The van der Waals surface area contributed by atoms with Crippen LogP contribution in [0.2, 0.25) is 0 Å². The van der Waals surface area contributed by atoms with Gasteiger partial charge >= 0.3 is 0 Å². The summed E-state index contributed by atoms with van der Waals surface area (Å²) in [7, 11) is 1.74. The lowest BCUT2D eigenvalue weighted by molar-refractivity contribution is -0.119. The highest BCUT2D eigenvalue weighted by Crippen LogP contribution is 2.12. The first-order valence-electron chi connectivity index (χ1n) is 9.21. The van der Waals surface area contributed by atoms with E-state index in [1.807, 2.05) is 55.5 Å². The van der Waals surface area contributed by atoms with Gasteiger partial charge in [-0.25, -0.2) is 0 Å².